The van der Waals surface area contributed by atoms with E-state index in [2.05, 4.69) is 4.90 Å². The fourth-order valence-corrected chi connectivity index (χ4v) is 3.86. The van der Waals surface area contributed by atoms with Crippen molar-refractivity contribution in [2.75, 3.05) is 13.1 Å². The highest BCUT2D eigenvalue weighted by atomic mass is 19.4. The summed E-state index contributed by atoms with van der Waals surface area (Å²) in [6, 6.07) is 8.71. The van der Waals surface area contributed by atoms with Crippen molar-refractivity contribution >= 4 is 17.7 Å². The molecule has 0 saturated carbocycles. The Morgan fingerprint density at radius 2 is 1.79 bits per heavy atom. The molecule has 3 rings (SSSR count). The van der Waals surface area contributed by atoms with Gasteiger partial charge in [0.05, 0.1) is 4.92 Å². The lowest BCUT2D eigenvalue weighted by Gasteiger charge is -2.44. The van der Waals surface area contributed by atoms with Gasteiger partial charge >= 0.3 is 6.18 Å². The van der Waals surface area contributed by atoms with Gasteiger partial charge in [0.15, 0.2) is 0 Å². The predicted octanol–water partition coefficient (Wildman–Crippen LogP) is 4.89. The van der Waals surface area contributed by atoms with Gasteiger partial charge in [-0.2, -0.15) is 13.2 Å². The van der Waals surface area contributed by atoms with Crippen molar-refractivity contribution in [3.8, 4) is 0 Å². The molecule has 33 heavy (non-hydrogen) atoms. The number of nitro groups is 1. The summed E-state index contributed by atoms with van der Waals surface area (Å²) < 4.78 is 52.6. The Labute approximate surface area is 188 Å². The second-order valence-electron chi connectivity index (χ2n) is 8.11. The highest BCUT2D eigenvalue weighted by Gasteiger charge is 2.38. The van der Waals surface area contributed by atoms with Gasteiger partial charge in [-0.1, -0.05) is 12.1 Å². The number of piperazine rings is 1. The number of carbonyl (C=O) groups excluding carboxylic acids is 1. The molecule has 1 fully saturated rings. The number of alkyl halides is 3. The van der Waals surface area contributed by atoms with Crippen molar-refractivity contribution in [3.63, 3.8) is 0 Å². The third-order valence-corrected chi connectivity index (χ3v) is 5.64. The Bertz CT molecular complexity index is 1050. The molecule has 0 spiro atoms. The maximum atomic E-state index is 13.2. The summed E-state index contributed by atoms with van der Waals surface area (Å²) in [4.78, 5) is 26.3. The van der Waals surface area contributed by atoms with Crippen molar-refractivity contribution in [1.29, 1.82) is 0 Å². The molecule has 1 aliphatic rings. The van der Waals surface area contributed by atoms with Crippen LogP contribution in [-0.2, 0) is 17.5 Å². The van der Waals surface area contributed by atoms with E-state index in [0.29, 0.717) is 25.7 Å². The number of carbonyl (C=O) groups is 1. The van der Waals surface area contributed by atoms with Crippen LogP contribution in [0.4, 0.5) is 23.2 Å². The summed E-state index contributed by atoms with van der Waals surface area (Å²) >= 11 is 0. The fraction of sp³-hybridized carbons (Fsp3) is 0.348. The monoisotopic (exact) mass is 465 g/mol. The summed E-state index contributed by atoms with van der Waals surface area (Å²) in [7, 11) is 0. The molecule has 1 aliphatic heterocycles. The summed E-state index contributed by atoms with van der Waals surface area (Å²) in [6.07, 6.45) is -2.48. The van der Waals surface area contributed by atoms with Gasteiger partial charge < -0.3 is 4.90 Å². The van der Waals surface area contributed by atoms with Crippen LogP contribution in [0.1, 0.15) is 30.5 Å². The Morgan fingerprint density at radius 1 is 1.12 bits per heavy atom. The van der Waals surface area contributed by atoms with Gasteiger partial charge in [0, 0.05) is 43.9 Å². The molecule has 0 aliphatic carbocycles. The number of hydrogen-bond donors (Lipinski definition) is 0. The molecule has 1 amide bonds. The number of nitrogens with zero attached hydrogens (tertiary/aromatic N) is 3. The molecule has 6 nitrogen and oxygen atoms in total. The third-order valence-electron chi connectivity index (χ3n) is 5.64. The fourth-order valence-electron chi connectivity index (χ4n) is 3.86. The topological polar surface area (TPSA) is 66.7 Å². The van der Waals surface area contributed by atoms with Crippen LogP contribution in [0.25, 0.3) is 6.08 Å². The van der Waals surface area contributed by atoms with E-state index in [9.17, 15) is 32.5 Å². The first-order chi connectivity index (χ1) is 15.5. The Kier molecular flexibility index (Phi) is 7.16. The summed E-state index contributed by atoms with van der Waals surface area (Å²) in [5, 5.41) is 10.9. The molecule has 1 saturated heterocycles. The summed E-state index contributed by atoms with van der Waals surface area (Å²) in [5.74, 6) is -0.666. The molecule has 10 heteroatoms. The van der Waals surface area contributed by atoms with E-state index in [1.807, 2.05) is 13.8 Å². The lowest BCUT2D eigenvalue weighted by molar-refractivity contribution is -0.388. The van der Waals surface area contributed by atoms with Gasteiger partial charge in [0.1, 0.15) is 11.4 Å². The molecule has 0 radical (unpaired) electrons. The van der Waals surface area contributed by atoms with Gasteiger partial charge in [0.25, 0.3) is 5.69 Å². The van der Waals surface area contributed by atoms with E-state index in [-0.39, 0.29) is 29.4 Å². The maximum Gasteiger partial charge on any atom is 0.423 e. The number of hydrogen-bond acceptors (Lipinski definition) is 4. The van der Waals surface area contributed by atoms with Crippen LogP contribution in [0.3, 0.4) is 0 Å². The molecule has 2 aromatic carbocycles. The largest absolute Gasteiger partial charge is 0.423 e. The predicted molar refractivity (Wildman–Crippen MR) is 115 cm³/mol. The number of nitro benzene ring substituents is 1. The highest BCUT2D eigenvalue weighted by molar-refractivity contribution is 5.92. The summed E-state index contributed by atoms with van der Waals surface area (Å²) in [5.41, 5.74) is -1.41. The van der Waals surface area contributed by atoms with Crippen molar-refractivity contribution in [1.82, 2.24) is 9.80 Å². The first kappa shape index (κ1) is 24.4. The second kappa shape index (κ2) is 9.70. The Morgan fingerprint density at radius 3 is 2.39 bits per heavy atom. The van der Waals surface area contributed by atoms with Gasteiger partial charge in [-0.25, -0.2) is 4.39 Å². The van der Waals surface area contributed by atoms with Crippen LogP contribution in [0.5, 0.6) is 0 Å². The molecule has 0 aromatic heterocycles. The normalized spacial score (nSPS) is 19.8. The van der Waals surface area contributed by atoms with E-state index in [0.717, 1.165) is 11.6 Å². The second-order valence-corrected chi connectivity index (χ2v) is 8.11. The lowest BCUT2D eigenvalue weighted by atomic mass is 10.1. The highest BCUT2D eigenvalue weighted by Crippen LogP contribution is 2.36. The minimum Gasteiger partial charge on any atom is -0.334 e. The minimum absolute atomic E-state index is 0.0137. The van der Waals surface area contributed by atoms with E-state index < -0.39 is 22.4 Å². The van der Waals surface area contributed by atoms with Gasteiger partial charge in [-0.3, -0.25) is 19.8 Å². The molecule has 1 heterocycles. The molecular weight excluding hydrogens is 442 g/mol. The molecule has 2 atom stereocenters. The van der Waals surface area contributed by atoms with Crippen LogP contribution in [-0.4, -0.2) is 45.8 Å². The minimum atomic E-state index is -4.89. The van der Waals surface area contributed by atoms with Gasteiger partial charge in [0.2, 0.25) is 5.91 Å². The van der Waals surface area contributed by atoms with Crippen LogP contribution in [0.15, 0.2) is 48.5 Å². The number of amides is 1. The molecule has 2 aromatic rings. The first-order valence-corrected chi connectivity index (χ1v) is 10.3. The number of rotatable bonds is 5. The smallest absolute Gasteiger partial charge is 0.334 e. The zero-order valence-electron chi connectivity index (χ0n) is 18.1. The van der Waals surface area contributed by atoms with Crippen LogP contribution >= 0.6 is 0 Å². The number of halogens is 4. The van der Waals surface area contributed by atoms with E-state index in [1.165, 1.54) is 30.4 Å². The Hall–Kier alpha value is -3.27. The molecule has 0 unspecified atom stereocenters. The van der Waals surface area contributed by atoms with E-state index in [1.54, 1.807) is 17.0 Å². The van der Waals surface area contributed by atoms with Crippen molar-refractivity contribution in [2.45, 2.75) is 38.7 Å². The summed E-state index contributed by atoms with van der Waals surface area (Å²) in [6.45, 7) is 5.44. The van der Waals surface area contributed by atoms with Crippen LogP contribution in [0, 0.1) is 15.9 Å². The SMILES string of the molecule is C[C@@H]1CN(Cc2ccc(F)cc2)[C@@H](C)CN1C(=O)/C=C/c1ccc([N+](=O)[O-])c(C(F)(F)F)c1. The molecule has 176 valence electrons. The molecular formula is C23H23F4N3O3. The molecule has 0 bridgehead atoms. The van der Waals surface area contributed by atoms with Gasteiger partial charge in [-0.05, 0) is 55.3 Å². The Balaban J connectivity index is 1.69. The quantitative estimate of drug-likeness (QED) is 0.273. The zero-order chi connectivity index (χ0) is 24.3. The van der Waals surface area contributed by atoms with Crippen LogP contribution < -0.4 is 0 Å². The van der Waals surface area contributed by atoms with Gasteiger partial charge in [-0.15, -0.1) is 0 Å². The molecule has 0 N–H and O–H groups in total. The van der Waals surface area contributed by atoms with E-state index in [4.69, 9.17) is 0 Å². The first-order valence-electron chi connectivity index (χ1n) is 10.3. The lowest BCUT2D eigenvalue weighted by Crippen LogP contribution is -2.57. The average molecular weight is 465 g/mol. The zero-order valence-corrected chi connectivity index (χ0v) is 18.1. The third kappa shape index (κ3) is 5.95. The van der Waals surface area contributed by atoms with E-state index >= 15 is 0 Å². The van der Waals surface area contributed by atoms with Crippen molar-refractivity contribution in [3.05, 3.63) is 81.2 Å². The van der Waals surface area contributed by atoms with Crippen LogP contribution in [0.2, 0.25) is 0 Å². The standard InChI is InChI=1S/C23H23F4N3O3/c1-15-13-29(16(2)12-28(15)14-18-3-7-19(24)8-4-18)22(31)10-6-17-5-9-21(30(32)33)20(11-17)23(25,26)27/h3-11,15-16H,12-14H2,1-2H3/b10-6+/t15-,16+/m0/s1. The van der Waals surface area contributed by atoms with Crippen molar-refractivity contribution < 1.29 is 27.3 Å². The van der Waals surface area contributed by atoms with Crippen molar-refractivity contribution in [2.24, 2.45) is 0 Å². The number of benzene rings is 2. The average Bonchev–Trinajstić information content (AvgIpc) is 2.75. The maximum absolute atomic E-state index is 13.2.